The minimum absolute atomic E-state index is 0.0673. The highest BCUT2D eigenvalue weighted by molar-refractivity contribution is 6.06. The zero-order chi connectivity index (χ0) is 28.2. The van der Waals surface area contributed by atoms with Gasteiger partial charge in [-0.05, 0) is 50.6 Å². The molecule has 1 atom stereocenters. The molecule has 2 aliphatic rings. The van der Waals surface area contributed by atoms with Crippen molar-refractivity contribution in [3.8, 4) is 11.5 Å². The molecule has 0 radical (unpaired) electrons. The van der Waals surface area contributed by atoms with Crippen molar-refractivity contribution < 1.29 is 29.0 Å². The smallest absolute Gasteiger partial charge is 0.325 e. The van der Waals surface area contributed by atoms with Gasteiger partial charge in [-0.1, -0.05) is 29.8 Å². The van der Waals surface area contributed by atoms with Crippen LogP contribution in [0.15, 0.2) is 48.5 Å². The molecule has 0 aromatic heterocycles. The van der Waals surface area contributed by atoms with Crippen LogP contribution < -0.4 is 14.8 Å². The van der Waals surface area contributed by atoms with Crippen LogP contribution >= 0.6 is 0 Å². The van der Waals surface area contributed by atoms with E-state index in [1.54, 1.807) is 18.7 Å². The first-order valence-electron chi connectivity index (χ1n) is 13.2. The summed E-state index contributed by atoms with van der Waals surface area (Å²) in [6, 6.07) is 14.8. The molecule has 4 amide bonds. The zero-order valence-electron chi connectivity index (χ0n) is 23.1. The van der Waals surface area contributed by atoms with Crippen molar-refractivity contribution in [2.24, 2.45) is 0 Å². The van der Waals surface area contributed by atoms with Crippen LogP contribution in [-0.4, -0.2) is 94.7 Å². The van der Waals surface area contributed by atoms with Crippen molar-refractivity contribution >= 4 is 17.8 Å². The molecule has 0 saturated carbocycles. The Balaban J connectivity index is 1.33. The number of carbonyl (C=O) groups is 3. The Hall–Kier alpha value is -3.63. The maximum absolute atomic E-state index is 12.3. The number of aliphatic hydroxyl groups is 1. The van der Waals surface area contributed by atoms with Gasteiger partial charge >= 0.3 is 6.03 Å². The molecule has 10 heteroatoms. The number of nitrogens with one attached hydrogen (secondary N) is 1. The van der Waals surface area contributed by atoms with Crippen LogP contribution in [0.4, 0.5) is 4.79 Å². The van der Waals surface area contributed by atoms with Crippen LogP contribution in [-0.2, 0) is 16.1 Å². The van der Waals surface area contributed by atoms with Gasteiger partial charge in [0.25, 0.3) is 5.91 Å². The second kappa shape index (κ2) is 11.6. The minimum Gasteiger partial charge on any atom is -0.492 e. The third-order valence-corrected chi connectivity index (χ3v) is 7.02. The predicted molar refractivity (Wildman–Crippen MR) is 145 cm³/mol. The number of imide groups is 1. The van der Waals surface area contributed by atoms with Crippen LogP contribution in [0.25, 0.3) is 0 Å². The van der Waals surface area contributed by atoms with Crippen molar-refractivity contribution in [2.45, 2.75) is 45.4 Å². The number of urea groups is 1. The van der Waals surface area contributed by atoms with E-state index in [0.29, 0.717) is 37.7 Å². The molecule has 2 fully saturated rings. The van der Waals surface area contributed by atoms with E-state index in [2.05, 4.69) is 10.2 Å². The van der Waals surface area contributed by atoms with E-state index in [1.165, 1.54) is 11.8 Å². The lowest BCUT2D eigenvalue weighted by atomic mass is 10.0. The highest BCUT2D eigenvalue weighted by Gasteiger charge is 2.44. The highest BCUT2D eigenvalue weighted by Crippen LogP contribution is 2.22. The van der Waals surface area contributed by atoms with Gasteiger partial charge in [0.15, 0.2) is 0 Å². The summed E-state index contributed by atoms with van der Waals surface area (Å²) in [7, 11) is 0. The number of nitrogens with zero attached hydrogens (tertiary/aromatic N) is 3. The van der Waals surface area contributed by atoms with Gasteiger partial charge in [-0.15, -0.1) is 0 Å². The Bertz CT molecular complexity index is 1180. The standard InChI is InChI=1S/C29H38N4O6/c1-21-5-9-25(10-6-21)39-20-29(37)18-31(13-14-32(19-29)22(2)34)17-23-7-11-24(12-8-23)38-16-15-33-26(35)28(3,4)30-27(33)36/h5-12,37H,13-20H2,1-4H3,(H,30,36)/t29-/m0/s1. The Labute approximate surface area is 229 Å². The number of rotatable bonds is 9. The van der Waals surface area contributed by atoms with Crippen molar-refractivity contribution in [1.29, 1.82) is 0 Å². The van der Waals surface area contributed by atoms with E-state index >= 15 is 0 Å². The van der Waals surface area contributed by atoms with Gasteiger partial charge in [0.2, 0.25) is 5.91 Å². The summed E-state index contributed by atoms with van der Waals surface area (Å²) in [5.41, 5.74) is 0.0199. The monoisotopic (exact) mass is 538 g/mol. The Morgan fingerprint density at radius 3 is 2.23 bits per heavy atom. The number of carbonyl (C=O) groups excluding carboxylic acids is 3. The lowest BCUT2D eigenvalue weighted by Gasteiger charge is -2.32. The molecule has 2 heterocycles. The van der Waals surface area contributed by atoms with E-state index < -0.39 is 17.2 Å². The first kappa shape index (κ1) is 28.4. The topological polar surface area (TPSA) is 112 Å². The number of ether oxygens (including phenoxy) is 2. The second-order valence-electron chi connectivity index (χ2n) is 11.0. The van der Waals surface area contributed by atoms with Gasteiger partial charge in [0.05, 0.1) is 13.1 Å². The van der Waals surface area contributed by atoms with Gasteiger partial charge in [0.1, 0.15) is 35.9 Å². The average Bonchev–Trinajstić information content (AvgIpc) is 2.99. The predicted octanol–water partition coefficient (Wildman–Crippen LogP) is 2.18. The fourth-order valence-electron chi connectivity index (χ4n) is 4.81. The normalized spacial score (nSPS) is 21.5. The van der Waals surface area contributed by atoms with Gasteiger partial charge < -0.3 is 24.8 Å². The Morgan fingerprint density at radius 2 is 1.62 bits per heavy atom. The molecule has 0 unspecified atom stereocenters. The van der Waals surface area contributed by atoms with Crippen molar-refractivity contribution in [3.05, 3.63) is 59.7 Å². The molecule has 2 aromatic rings. The van der Waals surface area contributed by atoms with E-state index in [1.807, 2.05) is 55.5 Å². The van der Waals surface area contributed by atoms with Crippen LogP contribution in [0.5, 0.6) is 11.5 Å². The molecule has 2 N–H and O–H groups in total. The molecule has 0 spiro atoms. The summed E-state index contributed by atoms with van der Waals surface area (Å²) in [5.74, 6) is 0.958. The van der Waals surface area contributed by atoms with Crippen LogP contribution in [0, 0.1) is 6.92 Å². The van der Waals surface area contributed by atoms with E-state index in [0.717, 1.165) is 11.1 Å². The highest BCUT2D eigenvalue weighted by atomic mass is 16.5. The van der Waals surface area contributed by atoms with Crippen molar-refractivity contribution in [3.63, 3.8) is 0 Å². The zero-order valence-corrected chi connectivity index (χ0v) is 23.1. The van der Waals surface area contributed by atoms with E-state index in [-0.39, 0.29) is 38.1 Å². The van der Waals surface area contributed by atoms with Gasteiger partial charge in [0, 0.05) is 33.1 Å². The third kappa shape index (κ3) is 7.27. The molecule has 2 saturated heterocycles. The summed E-state index contributed by atoms with van der Waals surface area (Å²) in [6.45, 7) is 9.55. The summed E-state index contributed by atoms with van der Waals surface area (Å²) in [5, 5.41) is 14.2. The molecule has 0 aliphatic carbocycles. The molecule has 2 aliphatic heterocycles. The number of hydrogen-bond donors (Lipinski definition) is 2. The summed E-state index contributed by atoms with van der Waals surface area (Å²) >= 11 is 0. The molecule has 39 heavy (non-hydrogen) atoms. The molecule has 0 bridgehead atoms. The summed E-state index contributed by atoms with van der Waals surface area (Å²) < 4.78 is 11.7. The lowest BCUT2D eigenvalue weighted by Crippen LogP contribution is -2.51. The minimum atomic E-state index is -1.23. The molecule has 210 valence electrons. The van der Waals surface area contributed by atoms with Crippen LogP contribution in [0.1, 0.15) is 31.9 Å². The lowest BCUT2D eigenvalue weighted by molar-refractivity contribution is -0.132. The van der Waals surface area contributed by atoms with Crippen LogP contribution in [0.3, 0.4) is 0 Å². The van der Waals surface area contributed by atoms with E-state index in [4.69, 9.17) is 9.47 Å². The number of benzene rings is 2. The summed E-state index contributed by atoms with van der Waals surface area (Å²) in [6.07, 6.45) is 0. The SMILES string of the molecule is CC(=O)N1CCN(Cc2ccc(OCCN3C(=O)NC(C)(C)C3=O)cc2)C[C@@](O)(COc2ccc(C)cc2)C1. The number of amides is 4. The first-order chi connectivity index (χ1) is 18.4. The van der Waals surface area contributed by atoms with Crippen molar-refractivity contribution in [1.82, 2.24) is 20.0 Å². The number of hydrogen-bond acceptors (Lipinski definition) is 7. The first-order valence-corrected chi connectivity index (χ1v) is 13.2. The maximum atomic E-state index is 12.3. The van der Waals surface area contributed by atoms with E-state index in [9.17, 15) is 19.5 Å². The fraction of sp³-hybridized carbons (Fsp3) is 0.483. The second-order valence-corrected chi connectivity index (χ2v) is 11.0. The van der Waals surface area contributed by atoms with Gasteiger partial charge in [-0.25, -0.2) is 4.79 Å². The molecular weight excluding hydrogens is 500 g/mol. The largest absolute Gasteiger partial charge is 0.492 e. The number of aryl methyl sites for hydroxylation is 1. The van der Waals surface area contributed by atoms with Crippen molar-refractivity contribution in [2.75, 3.05) is 45.9 Å². The number of β-amino-alcohol motifs (C(OH)–C–C–N with tert-alkyl or cyclic N) is 1. The fourth-order valence-corrected chi connectivity index (χ4v) is 4.81. The molecule has 10 nitrogen and oxygen atoms in total. The average molecular weight is 539 g/mol. The Morgan fingerprint density at radius 1 is 0.974 bits per heavy atom. The molecule has 4 rings (SSSR count). The Kier molecular flexibility index (Phi) is 8.46. The third-order valence-electron chi connectivity index (χ3n) is 7.02. The summed E-state index contributed by atoms with van der Waals surface area (Å²) in [4.78, 5) is 41.5. The van der Waals surface area contributed by atoms with Gasteiger partial charge in [-0.2, -0.15) is 0 Å². The maximum Gasteiger partial charge on any atom is 0.325 e. The van der Waals surface area contributed by atoms with Crippen LogP contribution in [0.2, 0.25) is 0 Å². The quantitative estimate of drug-likeness (QED) is 0.471. The van der Waals surface area contributed by atoms with Gasteiger partial charge in [-0.3, -0.25) is 19.4 Å². The molecule has 2 aromatic carbocycles. The molecular formula is C29H38N4O6.